The zero-order chi connectivity index (χ0) is 20.1. The molecule has 0 aliphatic carbocycles. The Balaban J connectivity index is 1.74. The Morgan fingerprint density at radius 2 is 1.96 bits per heavy atom. The number of halogens is 3. The van der Waals surface area contributed by atoms with Gasteiger partial charge in [0.25, 0.3) is 0 Å². The third-order valence-corrected chi connectivity index (χ3v) is 4.39. The summed E-state index contributed by atoms with van der Waals surface area (Å²) in [5.41, 5.74) is 3.51. The van der Waals surface area contributed by atoms with Crippen molar-refractivity contribution in [1.29, 1.82) is 0 Å². The van der Waals surface area contributed by atoms with Crippen LogP contribution in [0.2, 0.25) is 0 Å². The number of anilines is 1. The lowest BCUT2D eigenvalue weighted by atomic mass is 10.1. The summed E-state index contributed by atoms with van der Waals surface area (Å²) in [6.07, 6.45) is -1.12. The van der Waals surface area contributed by atoms with Gasteiger partial charge in [0.2, 0.25) is 5.95 Å². The van der Waals surface area contributed by atoms with Crippen LogP contribution in [0.3, 0.4) is 0 Å². The van der Waals surface area contributed by atoms with Crippen LogP contribution in [0.25, 0.3) is 33.5 Å². The van der Waals surface area contributed by atoms with Crippen molar-refractivity contribution in [2.24, 2.45) is 0 Å². The van der Waals surface area contributed by atoms with E-state index in [9.17, 15) is 13.2 Å². The predicted molar refractivity (Wildman–Crippen MR) is 100 cm³/mol. The molecule has 4 rings (SSSR count). The molecule has 4 aromatic rings. The SMILES string of the molecule is Cc1nc2ccc(-c3c[nH]c4nc(NCC(F)(F)F)ncc34)nc2n1C(C)C. The summed E-state index contributed by atoms with van der Waals surface area (Å²) in [5.74, 6) is 0.799. The molecule has 7 nitrogen and oxygen atoms in total. The Hall–Kier alpha value is -3.17. The molecule has 10 heteroatoms. The van der Waals surface area contributed by atoms with Crippen molar-refractivity contribution in [3.8, 4) is 11.3 Å². The minimum absolute atomic E-state index is 0.0878. The number of rotatable bonds is 4. The number of hydrogen-bond acceptors (Lipinski definition) is 5. The highest BCUT2D eigenvalue weighted by molar-refractivity contribution is 5.93. The minimum atomic E-state index is -4.34. The third kappa shape index (κ3) is 3.25. The summed E-state index contributed by atoms with van der Waals surface area (Å²) in [4.78, 5) is 20.4. The number of hydrogen-bond donors (Lipinski definition) is 2. The van der Waals surface area contributed by atoms with Crippen molar-refractivity contribution in [3.05, 3.63) is 30.4 Å². The molecule has 146 valence electrons. The number of pyridine rings is 1. The van der Waals surface area contributed by atoms with Crippen molar-refractivity contribution >= 4 is 28.1 Å². The molecule has 0 saturated heterocycles. The van der Waals surface area contributed by atoms with E-state index in [1.807, 2.05) is 19.1 Å². The van der Waals surface area contributed by atoms with Crippen LogP contribution in [-0.4, -0.2) is 42.2 Å². The van der Waals surface area contributed by atoms with Crippen LogP contribution in [0.1, 0.15) is 25.7 Å². The topological polar surface area (TPSA) is 84.3 Å². The number of nitrogens with one attached hydrogen (secondary N) is 2. The van der Waals surface area contributed by atoms with E-state index in [0.717, 1.165) is 22.6 Å². The normalized spacial score (nSPS) is 12.4. The molecular weight excluding hydrogens is 371 g/mol. The fourth-order valence-corrected chi connectivity index (χ4v) is 3.24. The average Bonchev–Trinajstić information content (AvgIpc) is 3.18. The lowest BCUT2D eigenvalue weighted by Crippen LogP contribution is -2.22. The average molecular weight is 389 g/mol. The fourth-order valence-electron chi connectivity index (χ4n) is 3.24. The minimum Gasteiger partial charge on any atom is -0.345 e. The number of alkyl halides is 3. The van der Waals surface area contributed by atoms with Crippen molar-refractivity contribution in [3.63, 3.8) is 0 Å². The monoisotopic (exact) mass is 389 g/mol. The molecule has 0 spiro atoms. The van der Waals surface area contributed by atoms with Crippen LogP contribution >= 0.6 is 0 Å². The molecule has 4 aromatic heterocycles. The van der Waals surface area contributed by atoms with Crippen LogP contribution in [0.5, 0.6) is 0 Å². The number of aryl methyl sites for hydroxylation is 1. The van der Waals surface area contributed by atoms with Crippen molar-refractivity contribution in [2.45, 2.75) is 33.0 Å². The highest BCUT2D eigenvalue weighted by atomic mass is 19.4. The highest BCUT2D eigenvalue weighted by Gasteiger charge is 2.27. The maximum atomic E-state index is 12.4. The predicted octanol–water partition coefficient (Wildman–Crippen LogP) is 4.23. The zero-order valence-corrected chi connectivity index (χ0v) is 15.5. The molecule has 4 heterocycles. The van der Waals surface area contributed by atoms with Crippen molar-refractivity contribution in [2.75, 3.05) is 11.9 Å². The second kappa shape index (κ2) is 6.47. The van der Waals surface area contributed by atoms with Gasteiger partial charge in [0.05, 0.1) is 5.69 Å². The number of fused-ring (bicyclic) bond motifs is 2. The molecule has 0 aromatic carbocycles. The van der Waals surface area contributed by atoms with Gasteiger partial charge >= 0.3 is 6.18 Å². The first-order valence-corrected chi connectivity index (χ1v) is 8.73. The van der Waals surface area contributed by atoms with Crippen LogP contribution in [0, 0.1) is 6.92 Å². The van der Waals surface area contributed by atoms with Gasteiger partial charge in [0, 0.05) is 29.4 Å². The lowest BCUT2D eigenvalue weighted by molar-refractivity contribution is -0.115. The fraction of sp³-hybridized carbons (Fsp3) is 0.333. The number of aromatic nitrogens is 6. The smallest absolute Gasteiger partial charge is 0.345 e. The van der Waals surface area contributed by atoms with Gasteiger partial charge in [-0.3, -0.25) is 0 Å². The second-order valence-electron chi connectivity index (χ2n) is 6.79. The summed E-state index contributed by atoms with van der Waals surface area (Å²) in [6.45, 7) is 4.88. The van der Waals surface area contributed by atoms with E-state index in [2.05, 4.69) is 43.7 Å². The molecule has 0 aliphatic heterocycles. The first-order chi connectivity index (χ1) is 13.2. The van der Waals surface area contributed by atoms with E-state index in [-0.39, 0.29) is 12.0 Å². The van der Waals surface area contributed by atoms with Crippen LogP contribution in [-0.2, 0) is 0 Å². The van der Waals surface area contributed by atoms with E-state index in [1.165, 1.54) is 6.20 Å². The van der Waals surface area contributed by atoms with Crippen LogP contribution in [0.15, 0.2) is 24.5 Å². The van der Waals surface area contributed by atoms with Crippen molar-refractivity contribution < 1.29 is 13.2 Å². The largest absolute Gasteiger partial charge is 0.405 e. The van der Waals surface area contributed by atoms with E-state index >= 15 is 0 Å². The maximum absolute atomic E-state index is 12.4. The number of imidazole rings is 1. The van der Waals surface area contributed by atoms with Crippen molar-refractivity contribution in [1.82, 2.24) is 29.5 Å². The van der Waals surface area contributed by atoms with E-state index in [1.54, 1.807) is 6.20 Å². The summed E-state index contributed by atoms with van der Waals surface area (Å²) in [7, 11) is 0. The van der Waals surface area contributed by atoms with Crippen LogP contribution < -0.4 is 5.32 Å². The molecular formula is C18H18F3N7. The number of H-pyrrole nitrogens is 1. The standard InChI is InChI=1S/C18H18F3N7/c1-9(2)28-10(3)25-14-5-4-13(26-16(14)28)11-6-22-15-12(11)7-23-17(27-15)24-8-18(19,20)21/h4-7,9H,8H2,1-3H3,(H2,22,23,24,27). The van der Waals surface area contributed by atoms with E-state index < -0.39 is 12.7 Å². The summed E-state index contributed by atoms with van der Waals surface area (Å²) >= 11 is 0. The van der Waals surface area contributed by atoms with Gasteiger partial charge in [-0.2, -0.15) is 18.2 Å². The number of aromatic amines is 1. The quantitative estimate of drug-likeness (QED) is 0.546. The highest BCUT2D eigenvalue weighted by Crippen LogP contribution is 2.29. The van der Waals surface area contributed by atoms with E-state index in [4.69, 9.17) is 4.98 Å². The van der Waals surface area contributed by atoms with Crippen LogP contribution in [0.4, 0.5) is 19.1 Å². The Kier molecular flexibility index (Phi) is 4.20. The Labute approximate surface area is 158 Å². The number of nitrogens with zero attached hydrogens (tertiary/aromatic N) is 5. The summed E-state index contributed by atoms with van der Waals surface area (Å²) < 4.78 is 39.1. The van der Waals surface area contributed by atoms with Gasteiger partial charge in [-0.1, -0.05) is 0 Å². The molecule has 0 fully saturated rings. The van der Waals surface area contributed by atoms with E-state index in [0.29, 0.717) is 16.7 Å². The molecule has 0 atom stereocenters. The Morgan fingerprint density at radius 1 is 1.18 bits per heavy atom. The third-order valence-electron chi connectivity index (χ3n) is 4.39. The van der Waals surface area contributed by atoms with Gasteiger partial charge in [0.15, 0.2) is 5.65 Å². The molecule has 0 bridgehead atoms. The maximum Gasteiger partial charge on any atom is 0.405 e. The molecule has 0 unspecified atom stereocenters. The second-order valence-corrected chi connectivity index (χ2v) is 6.79. The van der Waals surface area contributed by atoms with Gasteiger partial charge in [-0.05, 0) is 32.9 Å². The van der Waals surface area contributed by atoms with Gasteiger partial charge < -0.3 is 14.9 Å². The molecule has 0 saturated carbocycles. The van der Waals surface area contributed by atoms with Gasteiger partial charge in [0.1, 0.15) is 23.5 Å². The first-order valence-electron chi connectivity index (χ1n) is 8.73. The van der Waals surface area contributed by atoms with Gasteiger partial charge in [-0.15, -0.1) is 0 Å². The Bertz CT molecular complexity index is 1160. The first kappa shape index (κ1) is 18.2. The summed E-state index contributed by atoms with van der Waals surface area (Å²) in [6, 6.07) is 3.97. The molecule has 0 radical (unpaired) electrons. The van der Waals surface area contributed by atoms with Gasteiger partial charge in [-0.25, -0.2) is 15.0 Å². The summed E-state index contributed by atoms with van der Waals surface area (Å²) in [5, 5.41) is 2.86. The Morgan fingerprint density at radius 3 is 2.68 bits per heavy atom. The zero-order valence-electron chi connectivity index (χ0n) is 15.5. The molecule has 0 amide bonds. The lowest BCUT2D eigenvalue weighted by Gasteiger charge is -2.10. The molecule has 2 N–H and O–H groups in total. The molecule has 28 heavy (non-hydrogen) atoms. The molecule has 0 aliphatic rings.